The summed E-state index contributed by atoms with van der Waals surface area (Å²) in [6.07, 6.45) is 0. The minimum Gasteiger partial charge on any atom is -0.464 e. The number of hydrogen-bond donors (Lipinski definition) is 1. The van der Waals surface area contributed by atoms with Crippen molar-refractivity contribution in [2.45, 2.75) is 25.7 Å². The summed E-state index contributed by atoms with van der Waals surface area (Å²) in [6, 6.07) is 15.6. The van der Waals surface area contributed by atoms with Gasteiger partial charge < -0.3 is 15.2 Å². The van der Waals surface area contributed by atoms with E-state index in [1.807, 2.05) is 0 Å². The van der Waals surface area contributed by atoms with Crippen molar-refractivity contribution in [3.05, 3.63) is 81.0 Å². The van der Waals surface area contributed by atoms with Gasteiger partial charge in [-0.15, -0.1) is 0 Å². The highest BCUT2D eigenvalue weighted by atomic mass is 35.5. The van der Waals surface area contributed by atoms with Gasteiger partial charge in [-0.25, -0.2) is 9.59 Å². The molecule has 1 aliphatic carbocycles. The van der Waals surface area contributed by atoms with Crippen LogP contribution in [-0.4, -0.2) is 25.2 Å². The molecule has 0 amide bonds. The zero-order valence-corrected chi connectivity index (χ0v) is 19.1. The maximum Gasteiger partial charge on any atom is 0.336 e. The van der Waals surface area contributed by atoms with Crippen LogP contribution in [0, 0.1) is 16.7 Å². The minimum absolute atomic E-state index is 0.0449. The summed E-state index contributed by atoms with van der Waals surface area (Å²) in [5.74, 6) is -3.12. The Kier molecular flexibility index (Phi) is 7.12. The second-order valence-electron chi connectivity index (χ2n) is 7.25. The lowest BCUT2D eigenvalue weighted by atomic mass is 9.69. The number of nitriles is 1. The molecule has 0 heterocycles. The summed E-state index contributed by atoms with van der Waals surface area (Å²) in [4.78, 5) is 26.3. The normalized spacial score (nSPS) is 22.3. The molecule has 32 heavy (non-hydrogen) atoms. The molecule has 0 unspecified atom stereocenters. The van der Waals surface area contributed by atoms with E-state index in [1.165, 1.54) is 0 Å². The van der Waals surface area contributed by atoms with Gasteiger partial charge in [-0.1, -0.05) is 47.5 Å². The Balaban J connectivity index is 2.36. The number of carbonyl (C=O) groups excluding carboxylic acids is 2. The Morgan fingerprint density at radius 3 is 1.94 bits per heavy atom. The molecule has 2 N–H and O–H groups in total. The fourth-order valence-electron chi connectivity index (χ4n) is 4.21. The average Bonchev–Trinajstić information content (AvgIpc) is 3.04. The van der Waals surface area contributed by atoms with Gasteiger partial charge in [0.15, 0.2) is 0 Å². The van der Waals surface area contributed by atoms with E-state index < -0.39 is 29.2 Å². The first kappa shape index (κ1) is 23.6. The van der Waals surface area contributed by atoms with Crippen molar-refractivity contribution in [3.63, 3.8) is 0 Å². The molecule has 0 spiro atoms. The van der Waals surface area contributed by atoms with Crippen molar-refractivity contribution in [1.82, 2.24) is 0 Å². The van der Waals surface area contributed by atoms with Crippen LogP contribution in [0.3, 0.4) is 0 Å². The molecular weight excluding hydrogens is 451 g/mol. The van der Waals surface area contributed by atoms with Crippen molar-refractivity contribution in [2.75, 3.05) is 13.2 Å². The molecule has 2 aromatic rings. The van der Waals surface area contributed by atoms with Gasteiger partial charge in [0.1, 0.15) is 0 Å². The Labute approximate surface area is 196 Å². The van der Waals surface area contributed by atoms with Gasteiger partial charge in [0.2, 0.25) is 5.41 Å². The number of carbonyl (C=O) groups is 2. The summed E-state index contributed by atoms with van der Waals surface area (Å²) in [5, 5.41) is 11.3. The predicted octanol–water partition coefficient (Wildman–Crippen LogP) is 4.72. The Bertz CT molecular complexity index is 1090. The predicted molar refractivity (Wildman–Crippen MR) is 121 cm³/mol. The van der Waals surface area contributed by atoms with Crippen LogP contribution in [0.25, 0.3) is 0 Å². The quantitative estimate of drug-likeness (QED) is 0.609. The number of rotatable bonds is 6. The smallest absolute Gasteiger partial charge is 0.336 e. The molecule has 0 aliphatic heterocycles. The van der Waals surface area contributed by atoms with Gasteiger partial charge in [-0.3, -0.25) is 0 Å². The Hall–Kier alpha value is -3.01. The summed E-state index contributed by atoms with van der Waals surface area (Å²) in [6.45, 7) is 3.45. The monoisotopic (exact) mass is 472 g/mol. The molecule has 0 saturated carbocycles. The van der Waals surface area contributed by atoms with Crippen LogP contribution >= 0.6 is 23.2 Å². The Morgan fingerprint density at radius 2 is 1.47 bits per heavy atom. The number of nitrogens with zero attached hydrogens (tertiary/aromatic N) is 1. The van der Waals surface area contributed by atoms with Crippen LogP contribution in [0.5, 0.6) is 0 Å². The third-order valence-corrected chi connectivity index (χ3v) is 6.06. The van der Waals surface area contributed by atoms with Gasteiger partial charge in [-0.2, -0.15) is 5.26 Å². The van der Waals surface area contributed by atoms with Crippen molar-refractivity contribution in [1.29, 1.82) is 5.26 Å². The molecule has 1 aliphatic rings. The van der Waals surface area contributed by atoms with Gasteiger partial charge in [0, 0.05) is 21.9 Å². The highest BCUT2D eigenvalue weighted by molar-refractivity contribution is 6.30. The van der Waals surface area contributed by atoms with E-state index >= 15 is 0 Å². The summed E-state index contributed by atoms with van der Waals surface area (Å²) in [5.41, 5.74) is 5.66. The van der Waals surface area contributed by atoms with E-state index in [4.69, 9.17) is 38.4 Å². The molecule has 0 aromatic heterocycles. The van der Waals surface area contributed by atoms with E-state index in [9.17, 15) is 14.9 Å². The third-order valence-electron chi connectivity index (χ3n) is 5.55. The van der Waals surface area contributed by atoms with Gasteiger partial charge in [0.05, 0.1) is 30.6 Å². The molecule has 2 aromatic carbocycles. The summed E-state index contributed by atoms with van der Waals surface area (Å²) in [7, 11) is 0. The summed E-state index contributed by atoms with van der Waals surface area (Å²) < 4.78 is 10.5. The fraction of sp³-hybridized carbons (Fsp3) is 0.292. The molecular formula is C24H22Cl2N2O4. The minimum atomic E-state index is -1.93. The Morgan fingerprint density at radius 1 is 0.969 bits per heavy atom. The van der Waals surface area contributed by atoms with Crippen molar-refractivity contribution in [2.24, 2.45) is 11.1 Å². The van der Waals surface area contributed by atoms with Crippen LogP contribution in [0.4, 0.5) is 0 Å². The fourth-order valence-corrected chi connectivity index (χ4v) is 4.46. The average molecular weight is 473 g/mol. The molecule has 166 valence electrons. The second-order valence-corrected chi connectivity index (χ2v) is 8.12. The molecule has 8 heteroatoms. The highest BCUT2D eigenvalue weighted by Gasteiger charge is 2.62. The number of ether oxygens (including phenoxy) is 2. The largest absolute Gasteiger partial charge is 0.464 e. The van der Waals surface area contributed by atoms with E-state index in [2.05, 4.69) is 6.07 Å². The SMILES string of the molecule is CCOC(=O)C1=C(N)[C@](C#N)(C(=O)OCC)[C@@H](c2ccc(Cl)cc2)[C@@H]1c1ccc(Cl)cc1. The molecule has 3 atom stereocenters. The number of esters is 2. The molecule has 0 bridgehead atoms. The lowest BCUT2D eigenvalue weighted by Crippen LogP contribution is -2.40. The van der Waals surface area contributed by atoms with Crippen LogP contribution in [0.1, 0.15) is 36.8 Å². The van der Waals surface area contributed by atoms with E-state index in [0.29, 0.717) is 21.2 Å². The molecule has 6 nitrogen and oxygen atoms in total. The first-order chi connectivity index (χ1) is 15.3. The lowest BCUT2D eigenvalue weighted by Gasteiger charge is -2.32. The van der Waals surface area contributed by atoms with Gasteiger partial charge >= 0.3 is 11.9 Å². The van der Waals surface area contributed by atoms with Crippen molar-refractivity contribution in [3.8, 4) is 6.07 Å². The third kappa shape index (κ3) is 3.94. The molecule has 0 saturated heterocycles. The van der Waals surface area contributed by atoms with Crippen LogP contribution < -0.4 is 5.73 Å². The summed E-state index contributed by atoms with van der Waals surface area (Å²) >= 11 is 12.1. The van der Waals surface area contributed by atoms with Gasteiger partial charge in [0.25, 0.3) is 0 Å². The maximum atomic E-state index is 13.3. The van der Waals surface area contributed by atoms with E-state index in [-0.39, 0.29) is 24.5 Å². The number of hydrogen-bond acceptors (Lipinski definition) is 6. The van der Waals surface area contributed by atoms with Crippen LogP contribution in [0.15, 0.2) is 59.8 Å². The number of halogens is 2. The van der Waals surface area contributed by atoms with Crippen LogP contribution in [-0.2, 0) is 19.1 Å². The first-order valence-corrected chi connectivity index (χ1v) is 10.8. The van der Waals surface area contributed by atoms with E-state index in [0.717, 1.165) is 0 Å². The molecule has 3 rings (SSSR count). The second kappa shape index (κ2) is 9.64. The van der Waals surface area contributed by atoms with E-state index in [1.54, 1.807) is 62.4 Å². The van der Waals surface area contributed by atoms with Crippen molar-refractivity contribution < 1.29 is 19.1 Å². The number of benzene rings is 2. The maximum absolute atomic E-state index is 13.3. The zero-order valence-electron chi connectivity index (χ0n) is 17.6. The zero-order chi connectivity index (χ0) is 23.5. The standard InChI is InChI=1S/C24H22Cl2N2O4/c1-3-31-22(29)19-18(14-5-9-16(25)10-6-14)20(15-7-11-17(26)12-8-15)24(13-27,21(19)28)23(30)32-4-2/h5-12,18,20H,3-4,28H2,1-2H3/t18-,20+,24-/m1/s1. The highest BCUT2D eigenvalue weighted by Crippen LogP contribution is 2.59. The van der Waals surface area contributed by atoms with Crippen LogP contribution in [0.2, 0.25) is 10.0 Å². The van der Waals surface area contributed by atoms with Gasteiger partial charge in [-0.05, 0) is 49.2 Å². The topological polar surface area (TPSA) is 102 Å². The number of nitrogens with two attached hydrogens (primary N) is 1. The molecule has 0 fully saturated rings. The lowest BCUT2D eigenvalue weighted by molar-refractivity contribution is -0.151. The first-order valence-electron chi connectivity index (χ1n) is 10.1. The molecule has 0 radical (unpaired) electrons. The van der Waals surface area contributed by atoms with Crippen molar-refractivity contribution >= 4 is 35.1 Å².